The number of sulfonamides is 1. The number of nitrogens with zero attached hydrogens (tertiary/aromatic N) is 1. The molecule has 28 heavy (non-hydrogen) atoms. The lowest BCUT2D eigenvalue weighted by Gasteiger charge is -2.12. The predicted molar refractivity (Wildman–Crippen MR) is 113 cm³/mol. The molecule has 0 aliphatic rings. The van der Waals surface area contributed by atoms with E-state index < -0.39 is 10.0 Å². The molecule has 2 N–H and O–H groups in total. The van der Waals surface area contributed by atoms with Crippen LogP contribution in [0.15, 0.2) is 53.4 Å². The van der Waals surface area contributed by atoms with E-state index in [0.29, 0.717) is 17.7 Å². The Hall–Kier alpha value is -2.22. The second kappa shape index (κ2) is 9.82. The summed E-state index contributed by atoms with van der Waals surface area (Å²) in [5.41, 5.74) is 2.31. The molecule has 0 spiro atoms. The summed E-state index contributed by atoms with van der Waals surface area (Å²) in [5.74, 6) is -0.278. The van der Waals surface area contributed by atoms with Gasteiger partial charge in [0.15, 0.2) is 0 Å². The van der Waals surface area contributed by atoms with Gasteiger partial charge in [0, 0.05) is 23.8 Å². The highest BCUT2D eigenvalue weighted by Gasteiger charge is 2.17. The normalized spacial score (nSPS) is 12.8. The minimum atomic E-state index is -3.57. The van der Waals surface area contributed by atoms with Crippen LogP contribution in [0.4, 0.5) is 5.69 Å². The first-order valence-electron chi connectivity index (χ1n) is 9.38. The highest BCUT2D eigenvalue weighted by Crippen LogP contribution is 2.15. The molecule has 0 fully saturated rings. The maximum Gasteiger partial charge on any atom is 0.255 e. The second-order valence-corrected chi connectivity index (χ2v) is 8.87. The Balaban J connectivity index is 2.01. The fraction of sp³-hybridized carbons (Fsp3) is 0.381. The highest BCUT2D eigenvalue weighted by molar-refractivity contribution is 7.89. The van der Waals surface area contributed by atoms with Crippen molar-refractivity contribution in [3.63, 3.8) is 0 Å². The van der Waals surface area contributed by atoms with Crippen molar-refractivity contribution in [1.82, 2.24) is 9.62 Å². The summed E-state index contributed by atoms with van der Waals surface area (Å²) < 4.78 is 27.2. The summed E-state index contributed by atoms with van der Waals surface area (Å²) in [4.78, 5) is 14.7. The number of likely N-dealkylation sites (N-methyl/N-ethyl adjacent to an activating group) is 1. The van der Waals surface area contributed by atoms with Crippen LogP contribution in [0.1, 0.15) is 36.2 Å². The van der Waals surface area contributed by atoms with Crippen LogP contribution in [-0.4, -0.2) is 45.9 Å². The Bertz CT molecular complexity index is 876. The zero-order valence-electron chi connectivity index (χ0n) is 16.9. The average molecular weight is 404 g/mol. The lowest BCUT2D eigenvalue weighted by Crippen LogP contribution is -2.32. The monoisotopic (exact) mass is 403 g/mol. The smallest absolute Gasteiger partial charge is 0.255 e. The molecule has 2 aromatic rings. The fourth-order valence-electron chi connectivity index (χ4n) is 2.51. The van der Waals surface area contributed by atoms with E-state index in [-0.39, 0.29) is 16.8 Å². The zero-order chi connectivity index (χ0) is 20.7. The largest absolute Gasteiger partial charge is 0.322 e. The number of nitrogens with one attached hydrogen (secondary N) is 2. The minimum Gasteiger partial charge on any atom is -0.322 e. The van der Waals surface area contributed by atoms with E-state index in [1.165, 1.54) is 29.8 Å². The Kier molecular flexibility index (Phi) is 7.74. The van der Waals surface area contributed by atoms with E-state index >= 15 is 0 Å². The molecule has 6 nitrogen and oxygen atoms in total. The number of rotatable bonds is 9. The molecule has 1 atom stereocenters. The molecule has 0 saturated heterocycles. The number of hydrogen-bond acceptors (Lipinski definition) is 4. The first-order valence-corrected chi connectivity index (χ1v) is 10.9. The van der Waals surface area contributed by atoms with Crippen LogP contribution < -0.4 is 10.0 Å². The Morgan fingerprint density at radius 1 is 1.04 bits per heavy atom. The van der Waals surface area contributed by atoms with E-state index in [4.69, 9.17) is 0 Å². The van der Waals surface area contributed by atoms with Crippen LogP contribution in [0.5, 0.6) is 0 Å². The van der Waals surface area contributed by atoms with E-state index in [1.807, 2.05) is 52.2 Å². The molecule has 1 amide bonds. The molecular formula is C21H29N3O3S. The van der Waals surface area contributed by atoms with Gasteiger partial charge in [-0.1, -0.05) is 19.1 Å². The maximum atomic E-state index is 12.4. The standard InChI is InChI=1S/C21H29N3O3S/c1-5-16(2)23-28(26,27)20-12-8-18(9-13-20)21(25)22-19-10-6-17(7-11-19)14-15-24(3)4/h6-13,16,23H,5,14-15H2,1-4H3,(H,22,25). The van der Waals surface area contributed by atoms with Crippen LogP contribution in [0.25, 0.3) is 0 Å². The maximum absolute atomic E-state index is 12.4. The molecule has 0 radical (unpaired) electrons. The summed E-state index contributed by atoms with van der Waals surface area (Å²) >= 11 is 0. The molecule has 7 heteroatoms. The average Bonchev–Trinajstić information content (AvgIpc) is 2.67. The van der Waals surface area contributed by atoms with E-state index in [9.17, 15) is 13.2 Å². The number of hydrogen-bond donors (Lipinski definition) is 2. The van der Waals surface area contributed by atoms with Gasteiger partial charge >= 0.3 is 0 Å². The van der Waals surface area contributed by atoms with Crippen molar-refractivity contribution in [3.05, 3.63) is 59.7 Å². The van der Waals surface area contributed by atoms with Gasteiger partial charge < -0.3 is 10.2 Å². The van der Waals surface area contributed by atoms with Crippen LogP contribution in [0.2, 0.25) is 0 Å². The predicted octanol–water partition coefficient (Wildman–Crippen LogP) is 3.12. The highest BCUT2D eigenvalue weighted by atomic mass is 32.2. The van der Waals surface area contributed by atoms with Crippen molar-refractivity contribution in [2.75, 3.05) is 26.0 Å². The first kappa shape index (κ1) is 22.1. The third-order valence-corrected chi connectivity index (χ3v) is 6.06. The van der Waals surface area contributed by atoms with E-state index in [2.05, 4.69) is 14.9 Å². The van der Waals surface area contributed by atoms with Gasteiger partial charge in [0.25, 0.3) is 5.91 Å². The molecule has 0 heterocycles. The lowest BCUT2D eigenvalue weighted by molar-refractivity contribution is 0.102. The molecule has 1 unspecified atom stereocenters. The van der Waals surface area contributed by atoms with E-state index in [1.54, 1.807) is 0 Å². The van der Waals surface area contributed by atoms with E-state index in [0.717, 1.165) is 13.0 Å². The summed E-state index contributed by atoms with van der Waals surface area (Å²) in [6.07, 6.45) is 1.65. The minimum absolute atomic E-state index is 0.145. The van der Waals surface area contributed by atoms with Crippen LogP contribution in [0.3, 0.4) is 0 Å². The summed E-state index contributed by atoms with van der Waals surface area (Å²) in [5, 5.41) is 2.84. The topological polar surface area (TPSA) is 78.5 Å². The van der Waals surface area contributed by atoms with Crippen molar-refractivity contribution < 1.29 is 13.2 Å². The zero-order valence-corrected chi connectivity index (χ0v) is 17.7. The molecule has 0 aliphatic heterocycles. The van der Waals surface area contributed by atoms with Crippen LogP contribution >= 0.6 is 0 Å². The van der Waals surface area contributed by atoms with Crippen molar-refractivity contribution in [1.29, 1.82) is 0 Å². The molecule has 0 aliphatic carbocycles. The number of carbonyl (C=O) groups is 1. The summed E-state index contributed by atoms with van der Waals surface area (Å²) in [6.45, 7) is 4.69. The molecule has 0 saturated carbocycles. The number of anilines is 1. The molecule has 2 aromatic carbocycles. The number of amides is 1. The van der Waals surface area contributed by atoms with Crippen LogP contribution in [-0.2, 0) is 16.4 Å². The number of benzene rings is 2. The van der Waals surface area contributed by atoms with Crippen molar-refractivity contribution >= 4 is 21.6 Å². The molecular weight excluding hydrogens is 374 g/mol. The van der Waals surface area contributed by atoms with Crippen molar-refractivity contribution in [2.24, 2.45) is 0 Å². The molecule has 2 rings (SSSR count). The Morgan fingerprint density at radius 3 is 2.18 bits per heavy atom. The lowest BCUT2D eigenvalue weighted by atomic mass is 10.1. The quantitative estimate of drug-likeness (QED) is 0.674. The summed E-state index contributed by atoms with van der Waals surface area (Å²) in [6, 6.07) is 13.5. The van der Waals surface area contributed by atoms with Gasteiger partial charge in [-0.25, -0.2) is 13.1 Å². The second-order valence-electron chi connectivity index (χ2n) is 7.16. The van der Waals surface area contributed by atoms with Gasteiger partial charge in [-0.15, -0.1) is 0 Å². The van der Waals surface area contributed by atoms with Crippen LogP contribution in [0, 0.1) is 0 Å². The molecule has 0 aromatic heterocycles. The van der Waals surface area contributed by atoms with Crippen molar-refractivity contribution in [2.45, 2.75) is 37.6 Å². The van der Waals surface area contributed by atoms with Gasteiger partial charge in [0.2, 0.25) is 10.0 Å². The van der Waals surface area contributed by atoms with Crippen molar-refractivity contribution in [3.8, 4) is 0 Å². The third-order valence-electron chi connectivity index (χ3n) is 4.46. The van der Waals surface area contributed by atoms with Gasteiger partial charge in [-0.3, -0.25) is 4.79 Å². The van der Waals surface area contributed by atoms with Gasteiger partial charge in [-0.2, -0.15) is 0 Å². The fourth-order valence-corrected chi connectivity index (χ4v) is 3.84. The Labute approximate surface area is 168 Å². The SMILES string of the molecule is CCC(C)NS(=O)(=O)c1ccc(C(=O)Nc2ccc(CCN(C)C)cc2)cc1. The molecule has 0 bridgehead atoms. The third kappa shape index (κ3) is 6.44. The summed E-state index contributed by atoms with van der Waals surface area (Å²) in [7, 11) is 0.492. The number of carbonyl (C=O) groups excluding carboxylic acids is 1. The Morgan fingerprint density at radius 2 is 1.64 bits per heavy atom. The van der Waals surface area contributed by atoms with Gasteiger partial charge in [0.1, 0.15) is 0 Å². The van der Waals surface area contributed by atoms with Gasteiger partial charge in [0.05, 0.1) is 4.90 Å². The van der Waals surface area contributed by atoms with Gasteiger partial charge in [-0.05, 0) is 75.8 Å². The molecule has 152 valence electrons. The first-order chi connectivity index (χ1) is 13.2.